The zero-order valence-corrected chi connectivity index (χ0v) is 13.9. The van der Waals surface area contributed by atoms with Crippen LogP contribution in [0.15, 0.2) is 24.7 Å². The number of amides is 1. The number of hydrogen-bond donors (Lipinski definition) is 1. The molecular weight excluding hydrogens is 322 g/mol. The molecule has 0 aromatic carbocycles. The van der Waals surface area contributed by atoms with E-state index in [4.69, 9.17) is 5.11 Å². The third kappa shape index (κ3) is 3.96. The monoisotopic (exact) mass is 341 g/mol. The van der Waals surface area contributed by atoms with Gasteiger partial charge in [0.05, 0.1) is 18.7 Å². The van der Waals surface area contributed by atoms with Crippen molar-refractivity contribution >= 4 is 11.9 Å². The maximum absolute atomic E-state index is 12.7. The second-order valence-corrected chi connectivity index (χ2v) is 6.00. The van der Waals surface area contributed by atoms with E-state index in [0.29, 0.717) is 30.2 Å². The Morgan fingerprint density at radius 2 is 2.16 bits per heavy atom. The highest BCUT2D eigenvalue weighted by Gasteiger charge is 2.33. The molecule has 1 amide bonds. The predicted molar refractivity (Wildman–Crippen MR) is 87.8 cm³/mol. The van der Waals surface area contributed by atoms with Crippen molar-refractivity contribution in [2.24, 2.45) is 0 Å². The summed E-state index contributed by atoms with van der Waals surface area (Å²) in [5.74, 6) is -0.485. The quantitative estimate of drug-likeness (QED) is 0.879. The summed E-state index contributed by atoms with van der Waals surface area (Å²) < 4.78 is 0. The molecule has 1 fully saturated rings. The molecule has 3 heterocycles. The van der Waals surface area contributed by atoms with Crippen LogP contribution in [0.4, 0.5) is 0 Å². The zero-order chi connectivity index (χ0) is 17.8. The highest BCUT2D eigenvalue weighted by molar-refractivity contribution is 5.92. The first-order chi connectivity index (χ1) is 12.0. The zero-order valence-electron chi connectivity index (χ0n) is 13.9. The van der Waals surface area contributed by atoms with Gasteiger partial charge >= 0.3 is 5.97 Å². The van der Waals surface area contributed by atoms with Gasteiger partial charge in [0, 0.05) is 36.7 Å². The fourth-order valence-electron chi connectivity index (χ4n) is 3.01. The van der Waals surface area contributed by atoms with Gasteiger partial charge in [-0.25, -0.2) is 15.0 Å². The summed E-state index contributed by atoms with van der Waals surface area (Å²) in [6.45, 7) is 2.46. The third-order valence-electron chi connectivity index (χ3n) is 4.11. The second-order valence-electron chi connectivity index (χ2n) is 6.00. The minimum absolute atomic E-state index is 0.0167. The van der Waals surface area contributed by atoms with E-state index in [1.54, 1.807) is 11.0 Å². The van der Waals surface area contributed by atoms with Crippen molar-refractivity contribution in [2.75, 3.05) is 6.54 Å². The van der Waals surface area contributed by atoms with Crippen LogP contribution in [0.3, 0.4) is 0 Å². The first kappa shape index (κ1) is 16.9. The molecule has 25 heavy (non-hydrogen) atoms. The lowest BCUT2D eigenvalue weighted by molar-refractivity contribution is -0.136. The van der Waals surface area contributed by atoms with E-state index in [1.165, 1.54) is 18.6 Å². The summed E-state index contributed by atoms with van der Waals surface area (Å²) in [7, 11) is 0. The molecule has 130 valence electrons. The van der Waals surface area contributed by atoms with Crippen LogP contribution in [0.2, 0.25) is 0 Å². The second kappa shape index (κ2) is 7.33. The lowest BCUT2D eigenvalue weighted by atomic mass is 10.1. The molecule has 0 aliphatic carbocycles. The molecule has 8 nitrogen and oxygen atoms in total. The summed E-state index contributed by atoms with van der Waals surface area (Å²) in [4.78, 5) is 42.2. The van der Waals surface area contributed by atoms with Gasteiger partial charge in [0.25, 0.3) is 5.91 Å². The number of hydrogen-bond acceptors (Lipinski definition) is 6. The molecule has 0 saturated carbocycles. The lowest BCUT2D eigenvalue weighted by Crippen LogP contribution is -2.32. The first-order valence-corrected chi connectivity index (χ1v) is 8.18. The molecule has 2 aromatic heterocycles. The van der Waals surface area contributed by atoms with Gasteiger partial charge in [-0.15, -0.1) is 0 Å². The summed E-state index contributed by atoms with van der Waals surface area (Å²) >= 11 is 0. The van der Waals surface area contributed by atoms with Crippen molar-refractivity contribution in [3.63, 3.8) is 0 Å². The molecule has 1 aliphatic rings. The van der Waals surface area contributed by atoms with Gasteiger partial charge < -0.3 is 10.0 Å². The highest BCUT2D eigenvalue weighted by atomic mass is 16.4. The van der Waals surface area contributed by atoms with Gasteiger partial charge in [0.1, 0.15) is 5.69 Å². The van der Waals surface area contributed by atoms with Crippen LogP contribution in [0.25, 0.3) is 0 Å². The smallest absolute Gasteiger partial charge is 0.303 e. The molecule has 0 bridgehead atoms. The maximum atomic E-state index is 12.7. The third-order valence-corrected chi connectivity index (χ3v) is 4.11. The number of likely N-dealkylation sites (tertiary alicyclic amines) is 1. The van der Waals surface area contributed by atoms with Gasteiger partial charge in [0.2, 0.25) is 0 Å². The van der Waals surface area contributed by atoms with Crippen LogP contribution in [0.5, 0.6) is 0 Å². The van der Waals surface area contributed by atoms with Crippen molar-refractivity contribution in [1.29, 1.82) is 0 Å². The summed E-state index contributed by atoms with van der Waals surface area (Å²) in [5.41, 5.74) is 1.75. The van der Waals surface area contributed by atoms with Gasteiger partial charge in [-0.3, -0.25) is 14.6 Å². The number of rotatable bonds is 5. The molecule has 0 spiro atoms. The van der Waals surface area contributed by atoms with E-state index in [-0.39, 0.29) is 18.4 Å². The first-order valence-electron chi connectivity index (χ1n) is 8.18. The number of aromatic nitrogens is 4. The molecule has 8 heteroatoms. The number of carbonyl (C=O) groups is 2. The Morgan fingerprint density at radius 1 is 1.32 bits per heavy atom. The van der Waals surface area contributed by atoms with E-state index < -0.39 is 5.97 Å². The molecule has 0 radical (unpaired) electrons. The average molecular weight is 341 g/mol. The van der Waals surface area contributed by atoms with Crippen LogP contribution in [0.1, 0.15) is 53.0 Å². The fraction of sp³-hybridized carbons (Fsp3) is 0.412. The maximum Gasteiger partial charge on any atom is 0.303 e. The topological polar surface area (TPSA) is 109 Å². The Morgan fingerprint density at radius 3 is 2.88 bits per heavy atom. The summed E-state index contributed by atoms with van der Waals surface area (Å²) in [6, 6.07) is 1.56. The van der Waals surface area contributed by atoms with Gasteiger partial charge in [-0.1, -0.05) is 0 Å². The van der Waals surface area contributed by atoms with Gasteiger partial charge in [-0.05, 0) is 25.8 Å². The number of aliphatic carboxylic acids is 1. The van der Waals surface area contributed by atoms with E-state index in [2.05, 4.69) is 19.9 Å². The van der Waals surface area contributed by atoms with Crippen LogP contribution >= 0.6 is 0 Å². The van der Waals surface area contributed by atoms with Gasteiger partial charge in [0.15, 0.2) is 5.82 Å². The molecule has 2 aromatic rings. The van der Waals surface area contributed by atoms with Gasteiger partial charge in [-0.2, -0.15) is 0 Å². The van der Waals surface area contributed by atoms with E-state index in [1.807, 2.05) is 6.92 Å². The summed E-state index contributed by atoms with van der Waals surface area (Å²) in [6.07, 6.45) is 6.46. The predicted octanol–water partition coefficient (Wildman–Crippen LogP) is 1.57. The average Bonchev–Trinajstić information content (AvgIpc) is 3.09. The molecule has 1 atom stereocenters. The van der Waals surface area contributed by atoms with E-state index in [9.17, 15) is 9.59 Å². The Kier molecular flexibility index (Phi) is 4.97. The van der Waals surface area contributed by atoms with E-state index in [0.717, 1.165) is 18.5 Å². The SMILES string of the molecule is Cc1cc(CCC(=O)O)nc(C2CCCN2C(=O)c2cnccn2)n1. The number of carboxylic acid groups (broad SMARTS) is 1. The minimum Gasteiger partial charge on any atom is -0.481 e. The number of carbonyl (C=O) groups excluding carboxylic acids is 1. The lowest BCUT2D eigenvalue weighted by Gasteiger charge is -2.23. The van der Waals surface area contributed by atoms with Crippen molar-refractivity contribution in [3.05, 3.63) is 47.6 Å². The molecule has 1 aliphatic heterocycles. The van der Waals surface area contributed by atoms with Crippen molar-refractivity contribution in [3.8, 4) is 0 Å². The fourth-order valence-corrected chi connectivity index (χ4v) is 3.01. The van der Waals surface area contributed by atoms with Crippen LogP contribution in [-0.2, 0) is 11.2 Å². The van der Waals surface area contributed by atoms with Crippen LogP contribution in [0, 0.1) is 6.92 Å². The van der Waals surface area contributed by atoms with E-state index >= 15 is 0 Å². The molecule has 1 saturated heterocycles. The molecule has 1 N–H and O–H groups in total. The number of nitrogens with zero attached hydrogens (tertiary/aromatic N) is 5. The van der Waals surface area contributed by atoms with Crippen molar-refractivity contribution in [1.82, 2.24) is 24.8 Å². The summed E-state index contributed by atoms with van der Waals surface area (Å²) in [5, 5.41) is 8.86. The number of carboxylic acids is 1. The van der Waals surface area contributed by atoms with Crippen LogP contribution in [-0.4, -0.2) is 48.4 Å². The number of aryl methyl sites for hydroxylation is 2. The largest absolute Gasteiger partial charge is 0.481 e. The Balaban J connectivity index is 1.84. The Bertz CT molecular complexity index is 781. The molecule has 3 rings (SSSR count). The van der Waals surface area contributed by atoms with Crippen molar-refractivity contribution in [2.45, 2.75) is 38.6 Å². The van der Waals surface area contributed by atoms with Crippen LogP contribution < -0.4 is 0 Å². The Labute approximate surface area is 145 Å². The minimum atomic E-state index is -0.863. The highest BCUT2D eigenvalue weighted by Crippen LogP contribution is 2.31. The normalized spacial score (nSPS) is 16.8. The molecule has 1 unspecified atom stereocenters. The standard InChI is InChI=1S/C17H19N5O3/c1-11-9-12(4-5-15(23)24)21-16(20-11)14-3-2-8-22(14)17(25)13-10-18-6-7-19-13/h6-7,9-10,14H,2-5,8H2,1H3,(H,23,24). The van der Waals surface area contributed by atoms with Crippen molar-refractivity contribution < 1.29 is 14.7 Å². The Hall–Kier alpha value is -2.90. The molecular formula is C17H19N5O3.